The summed E-state index contributed by atoms with van der Waals surface area (Å²) in [4.78, 5) is 17.9. The highest BCUT2D eigenvalue weighted by atomic mass is 19.1. The van der Waals surface area contributed by atoms with Crippen LogP contribution in [0.3, 0.4) is 0 Å². The van der Waals surface area contributed by atoms with Crippen molar-refractivity contribution in [3.05, 3.63) is 71.4 Å². The van der Waals surface area contributed by atoms with Crippen molar-refractivity contribution in [3.8, 4) is 11.4 Å². The topological polar surface area (TPSA) is 59.2 Å². The number of carbonyl (C=O) groups is 1. The van der Waals surface area contributed by atoms with Gasteiger partial charge in [0.15, 0.2) is 0 Å². The molecule has 0 N–H and O–H groups in total. The minimum atomic E-state index is -0.596. The number of halogens is 3. The first-order valence-corrected chi connectivity index (χ1v) is 8.34. The first-order chi connectivity index (χ1) is 13.0. The third-order valence-electron chi connectivity index (χ3n) is 4.49. The lowest BCUT2D eigenvalue weighted by Crippen LogP contribution is -2.27. The molecule has 0 spiro atoms. The molecule has 1 aromatic heterocycles. The molecule has 27 heavy (non-hydrogen) atoms. The van der Waals surface area contributed by atoms with Gasteiger partial charge in [-0.1, -0.05) is 17.3 Å². The largest absolute Gasteiger partial charge is 0.337 e. The van der Waals surface area contributed by atoms with E-state index in [2.05, 4.69) is 10.1 Å². The minimum Gasteiger partial charge on any atom is -0.337 e. The maximum Gasteiger partial charge on any atom is 0.249 e. The van der Waals surface area contributed by atoms with E-state index in [9.17, 15) is 18.0 Å². The van der Waals surface area contributed by atoms with Crippen molar-refractivity contribution < 1.29 is 22.5 Å². The molecule has 0 radical (unpaired) electrons. The molecule has 0 aliphatic carbocycles. The number of nitrogens with zero attached hydrogens (tertiary/aromatic N) is 3. The monoisotopic (exact) mass is 373 g/mol. The second-order valence-corrected chi connectivity index (χ2v) is 6.28. The molecule has 2 aromatic carbocycles. The average molecular weight is 373 g/mol. The van der Waals surface area contributed by atoms with Gasteiger partial charge in [0.05, 0.1) is 0 Å². The molecule has 1 atom stereocenters. The Balaban J connectivity index is 1.61. The average Bonchev–Trinajstić information content (AvgIpc) is 3.26. The third-order valence-corrected chi connectivity index (χ3v) is 4.49. The van der Waals surface area contributed by atoms with E-state index in [0.717, 1.165) is 18.2 Å². The van der Waals surface area contributed by atoms with E-state index in [1.807, 2.05) is 0 Å². The van der Waals surface area contributed by atoms with Crippen LogP contribution in [0.25, 0.3) is 11.4 Å². The van der Waals surface area contributed by atoms with Gasteiger partial charge in [-0.05, 0) is 36.8 Å². The Morgan fingerprint density at radius 1 is 1.11 bits per heavy atom. The fourth-order valence-electron chi connectivity index (χ4n) is 3.15. The van der Waals surface area contributed by atoms with Crippen LogP contribution in [0.1, 0.15) is 30.3 Å². The Morgan fingerprint density at radius 2 is 1.93 bits per heavy atom. The van der Waals surface area contributed by atoms with Crippen LogP contribution < -0.4 is 0 Å². The van der Waals surface area contributed by atoms with Crippen LogP contribution in [0, 0.1) is 17.5 Å². The molecule has 1 unspecified atom stereocenters. The molecule has 2 heterocycles. The zero-order valence-corrected chi connectivity index (χ0v) is 14.0. The molecule has 1 aliphatic heterocycles. The third kappa shape index (κ3) is 3.42. The van der Waals surface area contributed by atoms with E-state index >= 15 is 0 Å². The van der Waals surface area contributed by atoms with E-state index in [0.29, 0.717) is 12.0 Å². The molecule has 0 saturated carbocycles. The van der Waals surface area contributed by atoms with Gasteiger partial charge in [-0.25, -0.2) is 13.2 Å². The number of hydrogen-bond donors (Lipinski definition) is 0. The molecule has 1 amide bonds. The van der Waals surface area contributed by atoms with Crippen molar-refractivity contribution in [3.63, 3.8) is 0 Å². The standard InChI is InChI=1S/C19H14F3N3O2/c20-13-3-1-2-11(8-13)18-23-19(27-24-18)16-6-7-17(26)25(16)10-12-9-14(21)4-5-15(12)22/h1-5,8-9,16H,6-7,10H2. The van der Waals surface area contributed by atoms with Crippen LogP contribution in [-0.2, 0) is 11.3 Å². The van der Waals surface area contributed by atoms with Gasteiger partial charge in [-0.15, -0.1) is 0 Å². The molecule has 5 nitrogen and oxygen atoms in total. The van der Waals surface area contributed by atoms with Crippen molar-refractivity contribution in [2.75, 3.05) is 0 Å². The fraction of sp³-hybridized carbons (Fsp3) is 0.211. The van der Waals surface area contributed by atoms with Crippen LogP contribution >= 0.6 is 0 Å². The number of aromatic nitrogens is 2. The Kier molecular flexibility index (Phi) is 4.39. The number of amides is 1. The van der Waals surface area contributed by atoms with Crippen LogP contribution in [0.4, 0.5) is 13.2 Å². The van der Waals surface area contributed by atoms with Crippen LogP contribution in [0.2, 0.25) is 0 Å². The highest BCUT2D eigenvalue weighted by Crippen LogP contribution is 2.34. The Hall–Kier alpha value is -3.16. The number of carbonyl (C=O) groups excluding carboxylic acids is 1. The second kappa shape index (κ2) is 6.86. The second-order valence-electron chi connectivity index (χ2n) is 6.28. The maximum absolute atomic E-state index is 14.0. The molecule has 1 fully saturated rings. The van der Waals surface area contributed by atoms with Crippen LogP contribution in [-0.4, -0.2) is 20.9 Å². The molecule has 0 bridgehead atoms. The van der Waals surface area contributed by atoms with Gasteiger partial charge in [0.25, 0.3) is 0 Å². The summed E-state index contributed by atoms with van der Waals surface area (Å²) >= 11 is 0. The van der Waals surface area contributed by atoms with Crippen molar-refractivity contribution >= 4 is 5.91 Å². The first kappa shape index (κ1) is 17.3. The SMILES string of the molecule is O=C1CCC(c2nc(-c3cccc(F)c3)no2)N1Cc1cc(F)ccc1F. The zero-order chi connectivity index (χ0) is 19.0. The molecule has 138 valence electrons. The van der Waals surface area contributed by atoms with Crippen LogP contribution in [0.15, 0.2) is 47.0 Å². The van der Waals surface area contributed by atoms with E-state index in [-0.39, 0.29) is 36.2 Å². The molecule has 1 aliphatic rings. The smallest absolute Gasteiger partial charge is 0.249 e. The maximum atomic E-state index is 14.0. The summed E-state index contributed by atoms with van der Waals surface area (Å²) in [6, 6.07) is 8.29. The predicted octanol–water partition coefficient (Wildman–Crippen LogP) is 4.02. The lowest BCUT2D eigenvalue weighted by molar-refractivity contribution is -0.130. The van der Waals surface area contributed by atoms with E-state index in [1.165, 1.54) is 23.1 Å². The molecule has 4 rings (SSSR count). The number of benzene rings is 2. The van der Waals surface area contributed by atoms with Gasteiger partial charge in [-0.2, -0.15) is 4.98 Å². The first-order valence-electron chi connectivity index (χ1n) is 8.34. The van der Waals surface area contributed by atoms with E-state index < -0.39 is 23.5 Å². The van der Waals surface area contributed by atoms with Crippen molar-refractivity contribution in [2.45, 2.75) is 25.4 Å². The predicted molar refractivity (Wildman–Crippen MR) is 88.6 cm³/mol. The van der Waals surface area contributed by atoms with Crippen molar-refractivity contribution in [1.82, 2.24) is 15.0 Å². The van der Waals surface area contributed by atoms with Gasteiger partial charge in [0, 0.05) is 24.1 Å². The highest BCUT2D eigenvalue weighted by Gasteiger charge is 2.36. The molecule has 8 heteroatoms. The van der Waals surface area contributed by atoms with Gasteiger partial charge in [0.2, 0.25) is 17.6 Å². The van der Waals surface area contributed by atoms with E-state index in [4.69, 9.17) is 4.52 Å². The van der Waals surface area contributed by atoms with Gasteiger partial charge < -0.3 is 9.42 Å². The van der Waals surface area contributed by atoms with Gasteiger partial charge in [-0.3, -0.25) is 4.79 Å². The lowest BCUT2D eigenvalue weighted by Gasteiger charge is -2.22. The normalized spacial score (nSPS) is 16.9. The molecular weight excluding hydrogens is 359 g/mol. The summed E-state index contributed by atoms with van der Waals surface area (Å²) in [5, 5.41) is 3.85. The van der Waals surface area contributed by atoms with Gasteiger partial charge >= 0.3 is 0 Å². The summed E-state index contributed by atoms with van der Waals surface area (Å²) in [5.41, 5.74) is 0.511. The summed E-state index contributed by atoms with van der Waals surface area (Å²) in [5.74, 6) is -1.45. The summed E-state index contributed by atoms with van der Waals surface area (Å²) in [6.45, 7) is -0.106. The molecule has 3 aromatic rings. The Bertz CT molecular complexity index is 1010. The number of rotatable bonds is 4. The van der Waals surface area contributed by atoms with E-state index in [1.54, 1.807) is 6.07 Å². The molecular formula is C19H14F3N3O2. The van der Waals surface area contributed by atoms with Crippen molar-refractivity contribution in [1.29, 1.82) is 0 Å². The number of likely N-dealkylation sites (tertiary alicyclic amines) is 1. The van der Waals surface area contributed by atoms with Gasteiger partial charge in [0.1, 0.15) is 23.5 Å². The summed E-state index contributed by atoms with van der Waals surface area (Å²) in [6.07, 6.45) is 0.653. The number of hydrogen-bond acceptors (Lipinski definition) is 4. The fourth-order valence-corrected chi connectivity index (χ4v) is 3.15. The lowest BCUT2D eigenvalue weighted by atomic mass is 10.1. The minimum absolute atomic E-state index is 0.0696. The summed E-state index contributed by atoms with van der Waals surface area (Å²) in [7, 11) is 0. The Morgan fingerprint density at radius 3 is 2.74 bits per heavy atom. The summed E-state index contributed by atoms with van der Waals surface area (Å²) < 4.78 is 46.0. The molecule has 1 saturated heterocycles. The Labute approximate surface area is 152 Å². The van der Waals surface area contributed by atoms with Crippen LogP contribution in [0.5, 0.6) is 0 Å². The quantitative estimate of drug-likeness (QED) is 0.693. The zero-order valence-electron chi connectivity index (χ0n) is 14.0. The van der Waals surface area contributed by atoms with Crippen molar-refractivity contribution in [2.24, 2.45) is 0 Å². The highest BCUT2D eigenvalue weighted by molar-refractivity contribution is 5.78.